The van der Waals surface area contributed by atoms with Gasteiger partial charge in [0.15, 0.2) is 0 Å². The highest BCUT2D eigenvalue weighted by atomic mass is 16.3. The minimum Gasteiger partial charge on any atom is -0.387 e. The Morgan fingerprint density at radius 2 is 1.57 bits per heavy atom. The van der Waals surface area contributed by atoms with Crippen molar-refractivity contribution in [3.63, 3.8) is 0 Å². The average Bonchev–Trinajstić information content (AvgIpc) is 2.67. The van der Waals surface area contributed by atoms with Gasteiger partial charge in [-0.15, -0.1) is 0 Å². The van der Waals surface area contributed by atoms with Crippen molar-refractivity contribution in [2.75, 3.05) is 11.9 Å². The van der Waals surface area contributed by atoms with Crippen molar-refractivity contribution in [1.82, 2.24) is 5.32 Å². The van der Waals surface area contributed by atoms with E-state index in [-0.39, 0.29) is 6.54 Å². The summed E-state index contributed by atoms with van der Waals surface area (Å²) >= 11 is 0. The van der Waals surface area contributed by atoms with Crippen molar-refractivity contribution in [2.24, 2.45) is 0 Å². The number of benzene rings is 3. The van der Waals surface area contributed by atoms with Crippen molar-refractivity contribution in [3.05, 3.63) is 76.9 Å². The largest absolute Gasteiger partial charge is 0.387 e. The molecule has 0 aliphatic rings. The molecule has 3 N–H and O–H groups in total. The van der Waals surface area contributed by atoms with Crippen LogP contribution in [0.15, 0.2) is 54.6 Å². The molecular weight excluding hydrogens is 352 g/mol. The number of rotatable bonds is 4. The smallest absolute Gasteiger partial charge is 0.313 e. The summed E-state index contributed by atoms with van der Waals surface area (Å²) in [6.07, 6.45) is -0.911. The van der Waals surface area contributed by atoms with E-state index in [4.69, 9.17) is 0 Å². The molecule has 5 nitrogen and oxygen atoms in total. The van der Waals surface area contributed by atoms with Crippen molar-refractivity contribution in [1.29, 1.82) is 0 Å². The predicted octanol–water partition coefficient (Wildman–Crippen LogP) is 3.55. The topological polar surface area (TPSA) is 78.4 Å². The van der Waals surface area contributed by atoms with Gasteiger partial charge in [0, 0.05) is 12.2 Å². The summed E-state index contributed by atoms with van der Waals surface area (Å²) in [5.74, 6) is -1.53. The SMILES string of the molecule is Cc1cc(C)c(NC(=O)C(=O)NCC(O)c2cccc3ccccc23)c(C)c1. The van der Waals surface area contributed by atoms with Crippen molar-refractivity contribution in [2.45, 2.75) is 26.9 Å². The highest BCUT2D eigenvalue weighted by Crippen LogP contribution is 2.24. The second-order valence-electron chi connectivity index (χ2n) is 7.02. The third-order valence-corrected chi connectivity index (χ3v) is 4.76. The first-order chi connectivity index (χ1) is 13.4. The van der Waals surface area contributed by atoms with Gasteiger partial charge in [-0.1, -0.05) is 60.2 Å². The number of nitrogens with one attached hydrogen (secondary N) is 2. The quantitative estimate of drug-likeness (QED) is 0.609. The molecule has 0 aromatic heterocycles. The van der Waals surface area contributed by atoms with Crippen LogP contribution < -0.4 is 10.6 Å². The second kappa shape index (κ2) is 8.23. The van der Waals surface area contributed by atoms with Gasteiger partial charge in [-0.2, -0.15) is 0 Å². The molecule has 0 spiro atoms. The molecule has 28 heavy (non-hydrogen) atoms. The lowest BCUT2D eigenvalue weighted by molar-refractivity contribution is -0.136. The van der Waals surface area contributed by atoms with Gasteiger partial charge in [-0.25, -0.2) is 0 Å². The molecule has 1 atom stereocenters. The number of carbonyl (C=O) groups is 2. The van der Waals surface area contributed by atoms with Gasteiger partial charge in [0.2, 0.25) is 0 Å². The lowest BCUT2D eigenvalue weighted by atomic mass is 10.0. The van der Waals surface area contributed by atoms with Crippen LogP contribution in [0.5, 0.6) is 0 Å². The van der Waals surface area contributed by atoms with Crippen LogP contribution in [0.3, 0.4) is 0 Å². The Labute approximate surface area is 164 Å². The van der Waals surface area contributed by atoms with Crippen LogP contribution in [0.2, 0.25) is 0 Å². The maximum absolute atomic E-state index is 12.3. The molecule has 0 fully saturated rings. The van der Waals surface area contributed by atoms with Crippen molar-refractivity contribution in [3.8, 4) is 0 Å². The minimum atomic E-state index is -0.911. The molecule has 1 unspecified atom stereocenters. The van der Waals surface area contributed by atoms with Crippen LogP contribution in [-0.2, 0) is 9.59 Å². The summed E-state index contributed by atoms with van der Waals surface area (Å²) in [5, 5.41) is 17.6. The molecule has 0 bridgehead atoms. The van der Waals surface area contributed by atoms with E-state index in [2.05, 4.69) is 10.6 Å². The molecule has 144 valence electrons. The van der Waals surface area contributed by atoms with E-state index in [1.54, 1.807) is 0 Å². The Morgan fingerprint density at radius 3 is 2.29 bits per heavy atom. The number of fused-ring (bicyclic) bond motifs is 1. The third-order valence-electron chi connectivity index (χ3n) is 4.76. The van der Waals surface area contributed by atoms with E-state index in [9.17, 15) is 14.7 Å². The van der Waals surface area contributed by atoms with Gasteiger partial charge in [0.1, 0.15) is 0 Å². The summed E-state index contributed by atoms with van der Waals surface area (Å²) in [6.45, 7) is 5.70. The number of anilines is 1. The van der Waals surface area contributed by atoms with E-state index < -0.39 is 17.9 Å². The molecule has 0 aliphatic heterocycles. The molecule has 3 aromatic carbocycles. The molecule has 0 saturated carbocycles. The summed E-state index contributed by atoms with van der Waals surface area (Å²) in [6, 6.07) is 17.3. The van der Waals surface area contributed by atoms with E-state index in [1.165, 1.54) is 0 Å². The van der Waals surface area contributed by atoms with E-state index in [0.29, 0.717) is 11.3 Å². The molecule has 0 radical (unpaired) electrons. The van der Waals surface area contributed by atoms with E-state index >= 15 is 0 Å². The fourth-order valence-corrected chi connectivity index (χ4v) is 3.47. The number of carbonyl (C=O) groups excluding carboxylic acids is 2. The lowest BCUT2D eigenvalue weighted by Gasteiger charge is -2.15. The molecule has 3 rings (SSSR count). The molecule has 0 heterocycles. The van der Waals surface area contributed by atoms with Gasteiger partial charge >= 0.3 is 11.8 Å². The Balaban J connectivity index is 1.66. The standard InChI is InChI=1S/C23H24N2O3/c1-14-11-15(2)21(16(3)12-14)25-23(28)22(27)24-13-20(26)19-10-6-8-17-7-4-5-9-18(17)19/h4-12,20,26H,13H2,1-3H3,(H,24,27)(H,25,28). The maximum atomic E-state index is 12.3. The molecule has 2 amide bonds. The highest BCUT2D eigenvalue weighted by molar-refractivity contribution is 6.39. The maximum Gasteiger partial charge on any atom is 0.313 e. The molecular formula is C23H24N2O3. The zero-order chi connectivity index (χ0) is 20.3. The minimum absolute atomic E-state index is 0.0495. The number of aliphatic hydroxyl groups is 1. The van der Waals surface area contributed by atoms with Crippen LogP contribution in [0.25, 0.3) is 10.8 Å². The van der Waals surface area contributed by atoms with E-state index in [1.807, 2.05) is 75.4 Å². The Bertz CT molecular complexity index is 1010. The number of hydrogen-bond acceptors (Lipinski definition) is 3. The van der Waals surface area contributed by atoms with Gasteiger partial charge < -0.3 is 15.7 Å². The zero-order valence-corrected chi connectivity index (χ0v) is 16.2. The number of amides is 2. The molecule has 0 saturated heterocycles. The first-order valence-electron chi connectivity index (χ1n) is 9.19. The summed E-state index contributed by atoms with van der Waals surface area (Å²) in [4.78, 5) is 24.5. The third kappa shape index (κ3) is 4.21. The molecule has 0 aliphatic carbocycles. The van der Waals surface area contributed by atoms with Crippen molar-refractivity contribution < 1.29 is 14.7 Å². The van der Waals surface area contributed by atoms with Gasteiger partial charge in [0.25, 0.3) is 0 Å². The van der Waals surface area contributed by atoms with Gasteiger partial charge in [-0.05, 0) is 48.2 Å². The van der Waals surface area contributed by atoms with Crippen LogP contribution in [-0.4, -0.2) is 23.5 Å². The second-order valence-corrected chi connectivity index (χ2v) is 7.02. The molecule has 3 aromatic rings. The fourth-order valence-electron chi connectivity index (χ4n) is 3.47. The first-order valence-corrected chi connectivity index (χ1v) is 9.19. The van der Waals surface area contributed by atoms with E-state index in [0.717, 1.165) is 27.5 Å². The Hall–Kier alpha value is -3.18. The van der Waals surface area contributed by atoms with Crippen molar-refractivity contribution >= 4 is 28.3 Å². The summed E-state index contributed by atoms with van der Waals surface area (Å²) < 4.78 is 0. The monoisotopic (exact) mass is 376 g/mol. The number of aryl methyl sites for hydroxylation is 3. The Kier molecular flexibility index (Phi) is 5.76. The number of aliphatic hydroxyl groups excluding tert-OH is 1. The molecule has 5 heteroatoms. The van der Waals surface area contributed by atoms with Crippen LogP contribution >= 0.6 is 0 Å². The normalized spacial score (nSPS) is 11.9. The van der Waals surface area contributed by atoms with Gasteiger partial charge in [-0.3, -0.25) is 9.59 Å². The highest BCUT2D eigenvalue weighted by Gasteiger charge is 2.18. The summed E-state index contributed by atoms with van der Waals surface area (Å²) in [7, 11) is 0. The Morgan fingerprint density at radius 1 is 0.929 bits per heavy atom. The van der Waals surface area contributed by atoms with Crippen LogP contribution in [0.1, 0.15) is 28.4 Å². The zero-order valence-electron chi connectivity index (χ0n) is 16.2. The number of hydrogen-bond donors (Lipinski definition) is 3. The van der Waals surface area contributed by atoms with Gasteiger partial charge in [0.05, 0.1) is 6.10 Å². The average molecular weight is 376 g/mol. The summed E-state index contributed by atoms with van der Waals surface area (Å²) in [5.41, 5.74) is 4.24. The first kappa shape index (κ1) is 19.6. The van der Waals surface area contributed by atoms with Crippen LogP contribution in [0, 0.1) is 20.8 Å². The lowest BCUT2D eigenvalue weighted by Crippen LogP contribution is -2.38. The predicted molar refractivity (Wildman–Crippen MR) is 111 cm³/mol. The fraction of sp³-hybridized carbons (Fsp3) is 0.217. The van der Waals surface area contributed by atoms with Crippen LogP contribution in [0.4, 0.5) is 5.69 Å².